The van der Waals surface area contributed by atoms with Crippen molar-refractivity contribution in [2.24, 2.45) is 0 Å². The molecule has 0 saturated heterocycles. The number of methoxy groups -OCH3 is 1. The molecule has 1 aromatic carbocycles. The van der Waals surface area contributed by atoms with Crippen LogP contribution in [0.2, 0.25) is 0 Å². The van der Waals surface area contributed by atoms with Crippen molar-refractivity contribution >= 4 is 21.9 Å². The summed E-state index contributed by atoms with van der Waals surface area (Å²) in [5, 5.41) is 3.54. The zero-order valence-electron chi connectivity index (χ0n) is 12.1. The highest BCUT2D eigenvalue weighted by Crippen LogP contribution is 2.31. The van der Waals surface area contributed by atoms with Crippen molar-refractivity contribution in [3.8, 4) is 0 Å². The summed E-state index contributed by atoms with van der Waals surface area (Å²) in [5.41, 5.74) is 0.119. The molecule has 1 N–H and O–H groups in total. The van der Waals surface area contributed by atoms with E-state index < -0.39 is 5.54 Å². The number of carbonyl (C=O) groups is 1. The van der Waals surface area contributed by atoms with Gasteiger partial charge in [-0.05, 0) is 31.4 Å². The van der Waals surface area contributed by atoms with E-state index in [4.69, 9.17) is 4.74 Å². The van der Waals surface area contributed by atoms with Gasteiger partial charge >= 0.3 is 5.97 Å². The van der Waals surface area contributed by atoms with Gasteiger partial charge in [-0.3, -0.25) is 5.32 Å². The van der Waals surface area contributed by atoms with Crippen molar-refractivity contribution in [1.29, 1.82) is 0 Å². The summed E-state index contributed by atoms with van der Waals surface area (Å²) in [6.45, 7) is 1.91. The van der Waals surface area contributed by atoms with Crippen LogP contribution in [0.3, 0.4) is 0 Å². The third kappa shape index (κ3) is 3.23. The molecule has 0 heterocycles. The molecular formula is C16H22BrNO2. The van der Waals surface area contributed by atoms with E-state index >= 15 is 0 Å². The molecule has 0 spiro atoms. The number of hydrogen-bond donors (Lipinski definition) is 1. The van der Waals surface area contributed by atoms with Crippen molar-refractivity contribution in [2.45, 2.75) is 50.6 Å². The Morgan fingerprint density at radius 1 is 1.30 bits per heavy atom. The van der Waals surface area contributed by atoms with Crippen LogP contribution < -0.4 is 5.32 Å². The lowest BCUT2D eigenvalue weighted by atomic mass is 9.87. The predicted molar refractivity (Wildman–Crippen MR) is 83.5 cm³/mol. The summed E-state index contributed by atoms with van der Waals surface area (Å²) in [5.74, 6) is -0.241. The van der Waals surface area contributed by atoms with E-state index in [0.29, 0.717) is 6.04 Å². The number of benzene rings is 1. The lowest BCUT2D eigenvalue weighted by molar-refractivity contribution is -0.149. The number of carbonyl (C=O) groups excluding carboxylic acids is 1. The van der Waals surface area contributed by atoms with Crippen molar-refractivity contribution in [1.82, 2.24) is 5.32 Å². The Balaban J connectivity index is 2.30. The zero-order chi connectivity index (χ0) is 14.6. The minimum atomic E-state index is -0.809. The van der Waals surface area contributed by atoms with Crippen LogP contribution in [0.25, 0.3) is 0 Å². The average Bonchev–Trinajstić information content (AvgIpc) is 2.47. The predicted octanol–water partition coefficient (Wildman–Crippen LogP) is 3.76. The Hall–Kier alpha value is -0.870. The van der Waals surface area contributed by atoms with E-state index in [2.05, 4.69) is 21.2 Å². The molecule has 0 radical (unpaired) electrons. The van der Waals surface area contributed by atoms with Gasteiger partial charge < -0.3 is 4.74 Å². The lowest BCUT2D eigenvalue weighted by Crippen LogP contribution is -2.52. The molecule has 1 unspecified atom stereocenters. The number of rotatable bonds is 4. The SMILES string of the molecule is COC(=O)C(C)(NC1CCCCC1)c1ccccc1Br. The highest BCUT2D eigenvalue weighted by molar-refractivity contribution is 9.10. The summed E-state index contributed by atoms with van der Waals surface area (Å²) in [6, 6.07) is 8.20. The van der Waals surface area contributed by atoms with Crippen molar-refractivity contribution in [2.75, 3.05) is 7.11 Å². The molecule has 2 rings (SSSR count). The van der Waals surface area contributed by atoms with Crippen LogP contribution in [0.4, 0.5) is 0 Å². The van der Waals surface area contributed by atoms with Crippen molar-refractivity contribution < 1.29 is 9.53 Å². The van der Waals surface area contributed by atoms with Crippen LogP contribution >= 0.6 is 15.9 Å². The zero-order valence-corrected chi connectivity index (χ0v) is 13.7. The van der Waals surface area contributed by atoms with Crippen molar-refractivity contribution in [3.63, 3.8) is 0 Å². The second-order valence-electron chi connectivity index (χ2n) is 5.58. The topological polar surface area (TPSA) is 38.3 Å². The van der Waals surface area contributed by atoms with Crippen LogP contribution in [0.1, 0.15) is 44.6 Å². The third-order valence-corrected chi connectivity index (χ3v) is 4.80. The maximum absolute atomic E-state index is 12.4. The van der Waals surface area contributed by atoms with Crippen molar-refractivity contribution in [3.05, 3.63) is 34.3 Å². The second-order valence-corrected chi connectivity index (χ2v) is 6.43. The standard InChI is InChI=1S/C16H22BrNO2/c1-16(15(19)20-2,13-10-6-7-11-14(13)17)18-12-8-4-3-5-9-12/h6-7,10-12,18H,3-5,8-9H2,1-2H3. The maximum atomic E-state index is 12.4. The van der Waals surface area contributed by atoms with E-state index in [-0.39, 0.29) is 5.97 Å². The quantitative estimate of drug-likeness (QED) is 0.848. The van der Waals surface area contributed by atoms with Gasteiger partial charge in [-0.15, -0.1) is 0 Å². The Kier molecular flexibility index (Phi) is 5.22. The highest BCUT2D eigenvalue weighted by Gasteiger charge is 2.39. The molecule has 110 valence electrons. The van der Waals surface area contributed by atoms with Gasteiger partial charge in [0.1, 0.15) is 5.54 Å². The fourth-order valence-corrected chi connectivity index (χ4v) is 3.65. The van der Waals surface area contributed by atoms with Gasteiger partial charge in [0.25, 0.3) is 0 Å². The van der Waals surface area contributed by atoms with Gasteiger partial charge in [0.05, 0.1) is 7.11 Å². The van der Waals surface area contributed by atoms with Crippen LogP contribution in [-0.4, -0.2) is 19.1 Å². The molecule has 1 aromatic rings. The third-order valence-electron chi connectivity index (χ3n) is 4.10. The first kappa shape index (κ1) is 15.5. The Labute approximate surface area is 129 Å². The molecule has 20 heavy (non-hydrogen) atoms. The fraction of sp³-hybridized carbons (Fsp3) is 0.562. The molecule has 1 fully saturated rings. The number of halogens is 1. The van der Waals surface area contributed by atoms with Gasteiger partial charge in [-0.2, -0.15) is 0 Å². The normalized spacial score (nSPS) is 19.4. The second kappa shape index (κ2) is 6.72. The number of hydrogen-bond acceptors (Lipinski definition) is 3. The van der Waals surface area contributed by atoms with Gasteiger partial charge in [-0.25, -0.2) is 4.79 Å². The summed E-state index contributed by atoms with van der Waals surface area (Å²) < 4.78 is 5.97. The maximum Gasteiger partial charge on any atom is 0.330 e. The lowest BCUT2D eigenvalue weighted by Gasteiger charge is -2.35. The average molecular weight is 340 g/mol. The van der Waals surface area contributed by atoms with Gasteiger partial charge in [0.2, 0.25) is 0 Å². The Bertz CT molecular complexity index is 471. The molecular weight excluding hydrogens is 318 g/mol. The van der Waals surface area contributed by atoms with Gasteiger partial charge in [0.15, 0.2) is 0 Å². The fourth-order valence-electron chi connectivity index (χ4n) is 2.97. The molecule has 1 saturated carbocycles. The summed E-state index contributed by atoms with van der Waals surface area (Å²) in [6.07, 6.45) is 5.99. The van der Waals surface area contributed by atoms with Crippen LogP contribution in [0.5, 0.6) is 0 Å². The highest BCUT2D eigenvalue weighted by atomic mass is 79.9. The molecule has 1 aliphatic rings. The van der Waals surface area contributed by atoms with E-state index in [0.717, 1.165) is 22.9 Å². The van der Waals surface area contributed by atoms with E-state index in [1.807, 2.05) is 31.2 Å². The molecule has 0 aliphatic heterocycles. The van der Waals surface area contributed by atoms with Gasteiger partial charge in [-0.1, -0.05) is 53.4 Å². The molecule has 0 aromatic heterocycles. The van der Waals surface area contributed by atoms with Crippen LogP contribution in [0.15, 0.2) is 28.7 Å². The molecule has 1 aliphatic carbocycles. The number of ether oxygens (including phenoxy) is 1. The van der Waals surface area contributed by atoms with Gasteiger partial charge in [0, 0.05) is 10.5 Å². The van der Waals surface area contributed by atoms with Crippen LogP contribution in [0, 0.1) is 0 Å². The number of esters is 1. The minimum Gasteiger partial charge on any atom is -0.467 e. The molecule has 3 nitrogen and oxygen atoms in total. The summed E-state index contributed by atoms with van der Waals surface area (Å²) in [7, 11) is 1.44. The molecule has 0 bridgehead atoms. The monoisotopic (exact) mass is 339 g/mol. The summed E-state index contributed by atoms with van der Waals surface area (Å²) >= 11 is 3.55. The smallest absolute Gasteiger partial charge is 0.330 e. The molecule has 1 atom stereocenters. The van der Waals surface area contributed by atoms with E-state index in [1.54, 1.807) is 0 Å². The molecule has 4 heteroatoms. The van der Waals surface area contributed by atoms with E-state index in [1.165, 1.54) is 26.4 Å². The minimum absolute atomic E-state index is 0.241. The first-order valence-electron chi connectivity index (χ1n) is 7.19. The van der Waals surface area contributed by atoms with E-state index in [9.17, 15) is 4.79 Å². The van der Waals surface area contributed by atoms with Crippen LogP contribution in [-0.2, 0) is 15.1 Å². The largest absolute Gasteiger partial charge is 0.467 e. The Morgan fingerprint density at radius 2 is 1.95 bits per heavy atom. The molecule has 0 amide bonds. The first-order valence-corrected chi connectivity index (χ1v) is 7.98. The summed E-state index contributed by atoms with van der Waals surface area (Å²) in [4.78, 5) is 12.4. The first-order chi connectivity index (χ1) is 9.58. The number of nitrogens with one attached hydrogen (secondary N) is 1. The Morgan fingerprint density at radius 3 is 2.55 bits per heavy atom.